The lowest BCUT2D eigenvalue weighted by Gasteiger charge is -2.36. The largest absolute Gasteiger partial charge is 0.480 e. The second kappa shape index (κ2) is 9.68. The van der Waals surface area contributed by atoms with Gasteiger partial charge in [-0.3, -0.25) is 4.79 Å². The maximum Gasteiger partial charge on any atom is 0.410 e. The maximum atomic E-state index is 12.2. The Kier molecular flexibility index (Phi) is 7.81. The van der Waals surface area contributed by atoms with Crippen molar-refractivity contribution in [1.29, 1.82) is 0 Å². The molecule has 2 rings (SSSR count). The number of aryl methyl sites for hydroxylation is 1. The number of ether oxygens (including phenoxy) is 1. The van der Waals surface area contributed by atoms with E-state index in [1.165, 1.54) is 5.56 Å². The van der Waals surface area contributed by atoms with Crippen molar-refractivity contribution in [3.63, 3.8) is 0 Å². The lowest BCUT2D eigenvalue weighted by Crippen LogP contribution is -2.44. The molecule has 1 N–H and O–H groups in total. The van der Waals surface area contributed by atoms with Gasteiger partial charge in [0.15, 0.2) is 0 Å². The van der Waals surface area contributed by atoms with E-state index in [1.807, 2.05) is 45.9 Å². The van der Waals surface area contributed by atoms with Gasteiger partial charge >= 0.3 is 12.1 Å². The molecule has 0 aromatic heterocycles. The van der Waals surface area contributed by atoms with Crippen LogP contribution in [0, 0.1) is 0 Å². The van der Waals surface area contributed by atoms with Gasteiger partial charge in [0.25, 0.3) is 0 Å². The minimum atomic E-state index is -0.798. The van der Waals surface area contributed by atoms with Gasteiger partial charge < -0.3 is 14.7 Å². The van der Waals surface area contributed by atoms with Crippen LogP contribution in [-0.4, -0.2) is 50.8 Å². The molecule has 156 valence electrons. The van der Waals surface area contributed by atoms with Gasteiger partial charge in [-0.15, -0.1) is 11.8 Å². The molecule has 1 fully saturated rings. The van der Waals surface area contributed by atoms with Gasteiger partial charge in [-0.25, -0.2) is 4.79 Å². The lowest BCUT2D eigenvalue weighted by molar-refractivity contribution is -0.139. The van der Waals surface area contributed by atoms with E-state index < -0.39 is 16.3 Å². The summed E-state index contributed by atoms with van der Waals surface area (Å²) >= 11 is 1.56. The number of hydrogen-bond donors (Lipinski definition) is 1. The number of thioether (sulfide) groups is 1. The highest BCUT2D eigenvalue weighted by Crippen LogP contribution is 2.38. The summed E-state index contributed by atoms with van der Waals surface area (Å²) in [6.45, 7) is 8.66. The average Bonchev–Trinajstić information content (AvgIpc) is 2.61. The number of piperidine rings is 1. The first-order valence-corrected chi connectivity index (χ1v) is 10.9. The van der Waals surface area contributed by atoms with E-state index in [2.05, 4.69) is 12.1 Å². The number of carboxylic acids is 1. The van der Waals surface area contributed by atoms with Crippen molar-refractivity contribution in [3.05, 3.63) is 35.9 Å². The smallest absolute Gasteiger partial charge is 0.410 e. The highest BCUT2D eigenvalue weighted by molar-refractivity contribution is 8.02. The third-order valence-electron chi connectivity index (χ3n) is 4.93. The molecule has 5 nitrogen and oxygen atoms in total. The molecule has 1 atom stereocenters. The number of carbonyl (C=O) groups excluding carboxylic acids is 1. The zero-order valence-corrected chi connectivity index (χ0v) is 18.3. The van der Waals surface area contributed by atoms with E-state index in [4.69, 9.17) is 4.74 Å². The Labute approximate surface area is 172 Å². The third kappa shape index (κ3) is 7.04. The second-order valence-electron chi connectivity index (χ2n) is 8.66. The van der Waals surface area contributed by atoms with Gasteiger partial charge in [0.2, 0.25) is 0 Å². The van der Waals surface area contributed by atoms with E-state index in [0.717, 1.165) is 25.7 Å². The summed E-state index contributed by atoms with van der Waals surface area (Å²) in [5, 5.41) is 10.1. The summed E-state index contributed by atoms with van der Waals surface area (Å²) in [4.78, 5) is 25.9. The van der Waals surface area contributed by atoms with Gasteiger partial charge in [-0.05, 0) is 65.4 Å². The van der Waals surface area contributed by atoms with Crippen LogP contribution in [0.25, 0.3) is 0 Å². The molecule has 28 heavy (non-hydrogen) atoms. The standard InChI is InChI=1S/C22H33NO4S/c1-21(2,3)27-20(26)23-15-12-18(13-16-23)28-22(4,19(24)25)14-8-11-17-9-6-5-7-10-17/h5-7,9-10,18H,8,11-16H2,1-4H3,(H,24,25). The van der Waals surface area contributed by atoms with Crippen molar-refractivity contribution < 1.29 is 19.4 Å². The Morgan fingerprint density at radius 1 is 1.14 bits per heavy atom. The monoisotopic (exact) mass is 407 g/mol. The SMILES string of the molecule is CC(C)(C)OC(=O)N1CCC(SC(C)(CCCc2ccccc2)C(=O)O)CC1. The minimum absolute atomic E-state index is 0.247. The molecule has 1 aliphatic heterocycles. The van der Waals surface area contributed by atoms with Gasteiger partial charge in [-0.1, -0.05) is 30.3 Å². The molecule has 1 amide bonds. The van der Waals surface area contributed by atoms with Crippen LogP contribution in [0.3, 0.4) is 0 Å². The Balaban J connectivity index is 1.83. The fraction of sp³-hybridized carbons (Fsp3) is 0.636. The Hall–Kier alpha value is -1.69. The summed E-state index contributed by atoms with van der Waals surface area (Å²) in [6, 6.07) is 10.2. The molecule has 6 heteroatoms. The predicted octanol–water partition coefficient (Wildman–Crippen LogP) is 4.99. The summed E-state index contributed by atoms with van der Waals surface area (Å²) < 4.78 is 4.63. The molecule has 1 heterocycles. The van der Waals surface area contributed by atoms with Crippen molar-refractivity contribution >= 4 is 23.8 Å². The van der Waals surface area contributed by atoms with Crippen LogP contribution in [-0.2, 0) is 16.0 Å². The number of benzene rings is 1. The van der Waals surface area contributed by atoms with Crippen LogP contribution < -0.4 is 0 Å². The van der Waals surface area contributed by atoms with Gasteiger partial charge in [0, 0.05) is 18.3 Å². The first-order chi connectivity index (χ1) is 13.1. The summed E-state index contributed by atoms with van der Waals surface area (Å²) in [7, 11) is 0. The lowest BCUT2D eigenvalue weighted by atomic mass is 10.0. The fourth-order valence-electron chi connectivity index (χ4n) is 3.34. The number of amides is 1. The topological polar surface area (TPSA) is 66.8 Å². The molecule has 1 saturated heterocycles. The zero-order chi connectivity index (χ0) is 20.8. The van der Waals surface area contributed by atoms with E-state index in [-0.39, 0.29) is 11.3 Å². The summed E-state index contributed by atoms with van der Waals surface area (Å²) in [6.07, 6.45) is 3.68. The fourth-order valence-corrected chi connectivity index (χ4v) is 4.89. The number of carboxylic acid groups (broad SMARTS) is 1. The number of aliphatic carboxylic acids is 1. The first-order valence-electron chi connectivity index (χ1n) is 10.0. The molecule has 1 unspecified atom stereocenters. The summed E-state index contributed by atoms with van der Waals surface area (Å²) in [5.74, 6) is -0.750. The molecule has 0 spiro atoms. The molecule has 1 aliphatic rings. The van der Waals surface area contributed by atoms with Crippen molar-refractivity contribution in [2.45, 2.75) is 75.4 Å². The zero-order valence-electron chi connectivity index (χ0n) is 17.4. The number of likely N-dealkylation sites (tertiary alicyclic amines) is 1. The maximum absolute atomic E-state index is 12.2. The van der Waals surface area contributed by atoms with Crippen LogP contribution in [0.15, 0.2) is 30.3 Å². The predicted molar refractivity (Wildman–Crippen MR) is 114 cm³/mol. The van der Waals surface area contributed by atoms with Crippen molar-refractivity contribution in [1.82, 2.24) is 4.90 Å². The van der Waals surface area contributed by atoms with E-state index in [0.29, 0.717) is 19.5 Å². The first kappa shape index (κ1) is 22.6. The van der Waals surface area contributed by atoms with Crippen LogP contribution in [0.2, 0.25) is 0 Å². The van der Waals surface area contributed by atoms with E-state index in [9.17, 15) is 14.7 Å². The second-order valence-corrected chi connectivity index (χ2v) is 10.5. The Morgan fingerprint density at radius 3 is 2.29 bits per heavy atom. The molecule has 1 aromatic carbocycles. The van der Waals surface area contributed by atoms with Gasteiger partial charge in [0.05, 0.1) is 0 Å². The normalized spacial score (nSPS) is 17.8. The molecule has 1 aromatic rings. The number of rotatable bonds is 7. The van der Waals surface area contributed by atoms with Crippen LogP contribution in [0.5, 0.6) is 0 Å². The van der Waals surface area contributed by atoms with Crippen molar-refractivity contribution in [2.24, 2.45) is 0 Å². The molecular formula is C22H33NO4S. The van der Waals surface area contributed by atoms with Gasteiger partial charge in [-0.2, -0.15) is 0 Å². The molecule has 0 radical (unpaired) electrons. The molecule has 0 saturated carbocycles. The summed E-state index contributed by atoms with van der Waals surface area (Å²) in [5.41, 5.74) is 0.745. The quantitative estimate of drug-likeness (QED) is 0.690. The highest BCUT2D eigenvalue weighted by Gasteiger charge is 2.38. The van der Waals surface area contributed by atoms with Crippen molar-refractivity contribution in [3.8, 4) is 0 Å². The Bertz CT molecular complexity index is 650. The van der Waals surface area contributed by atoms with E-state index in [1.54, 1.807) is 16.7 Å². The van der Waals surface area contributed by atoms with E-state index >= 15 is 0 Å². The third-order valence-corrected chi connectivity index (χ3v) is 6.64. The van der Waals surface area contributed by atoms with Crippen molar-refractivity contribution in [2.75, 3.05) is 13.1 Å². The Morgan fingerprint density at radius 2 is 1.75 bits per heavy atom. The molecular weight excluding hydrogens is 374 g/mol. The minimum Gasteiger partial charge on any atom is -0.480 e. The average molecular weight is 408 g/mol. The number of nitrogens with zero attached hydrogens (tertiary/aromatic N) is 1. The van der Waals surface area contributed by atoms with Crippen LogP contribution in [0.4, 0.5) is 4.79 Å². The van der Waals surface area contributed by atoms with Crippen LogP contribution >= 0.6 is 11.8 Å². The van der Waals surface area contributed by atoms with Gasteiger partial charge in [0.1, 0.15) is 10.3 Å². The highest BCUT2D eigenvalue weighted by atomic mass is 32.2. The number of carbonyl (C=O) groups is 2. The molecule has 0 bridgehead atoms. The molecule has 0 aliphatic carbocycles. The number of hydrogen-bond acceptors (Lipinski definition) is 4. The van der Waals surface area contributed by atoms with Crippen LogP contribution in [0.1, 0.15) is 58.9 Å².